The fourth-order valence-corrected chi connectivity index (χ4v) is 4.30. The topological polar surface area (TPSA) is 125 Å². The maximum Gasteiger partial charge on any atom is 0.416 e. The maximum atomic E-state index is 13.5. The highest BCUT2D eigenvalue weighted by Crippen LogP contribution is 2.36. The smallest absolute Gasteiger partial charge is 0.416 e. The molecule has 1 aliphatic rings. The van der Waals surface area contributed by atoms with Crippen molar-refractivity contribution < 1.29 is 37.0 Å². The summed E-state index contributed by atoms with van der Waals surface area (Å²) in [5.74, 6) is 0.421. The zero-order valence-electron chi connectivity index (χ0n) is 24.6. The molecule has 11 nitrogen and oxygen atoms in total. The largest absolute Gasteiger partial charge is 0.457 e. The molecule has 3 aromatic rings. The fourth-order valence-electron chi connectivity index (χ4n) is 4.30. The number of halogens is 3. The van der Waals surface area contributed by atoms with E-state index in [1.807, 2.05) is 0 Å². The number of nitrogens with one attached hydrogen (secondary N) is 3. The second kappa shape index (κ2) is 13.1. The van der Waals surface area contributed by atoms with Crippen LogP contribution in [0.4, 0.5) is 39.8 Å². The van der Waals surface area contributed by atoms with E-state index in [0.29, 0.717) is 49.1 Å². The molecule has 1 aromatic heterocycles. The second-order valence-electron chi connectivity index (χ2n) is 10.8. The third-order valence-electron chi connectivity index (χ3n) is 6.38. The van der Waals surface area contributed by atoms with Gasteiger partial charge in [-0.3, -0.25) is 9.78 Å². The fraction of sp³-hybridized carbons (Fsp3) is 0.333. The summed E-state index contributed by atoms with van der Waals surface area (Å²) >= 11 is 0. The van der Waals surface area contributed by atoms with Gasteiger partial charge in [-0.2, -0.15) is 13.2 Å². The first-order valence-electron chi connectivity index (χ1n) is 13.7. The van der Waals surface area contributed by atoms with Gasteiger partial charge in [0.2, 0.25) is 0 Å². The van der Waals surface area contributed by atoms with Gasteiger partial charge in [0, 0.05) is 51.2 Å². The van der Waals surface area contributed by atoms with Gasteiger partial charge in [0.05, 0.1) is 16.9 Å². The number of hydrogen-bond acceptors (Lipinski definition) is 7. The van der Waals surface area contributed by atoms with Crippen LogP contribution in [0.25, 0.3) is 0 Å². The molecule has 3 N–H and O–H groups in total. The van der Waals surface area contributed by atoms with E-state index in [-0.39, 0.29) is 17.3 Å². The summed E-state index contributed by atoms with van der Waals surface area (Å²) in [4.78, 5) is 44.4. The van der Waals surface area contributed by atoms with E-state index in [1.165, 1.54) is 30.3 Å². The lowest BCUT2D eigenvalue weighted by atomic mass is 10.1. The van der Waals surface area contributed by atoms with Crippen LogP contribution in [0, 0.1) is 0 Å². The normalized spacial score (nSPS) is 13.6. The molecular formula is C30H33F3N6O5. The lowest BCUT2D eigenvalue weighted by molar-refractivity contribution is -0.137. The van der Waals surface area contributed by atoms with Crippen molar-refractivity contribution in [1.82, 2.24) is 15.2 Å². The third-order valence-corrected chi connectivity index (χ3v) is 6.38. The van der Waals surface area contributed by atoms with Gasteiger partial charge in [-0.25, -0.2) is 9.59 Å². The predicted molar refractivity (Wildman–Crippen MR) is 158 cm³/mol. The lowest BCUT2D eigenvalue weighted by Gasteiger charge is -2.37. The molecule has 0 radical (unpaired) electrons. The zero-order chi connectivity index (χ0) is 32.1. The van der Waals surface area contributed by atoms with E-state index in [2.05, 4.69) is 20.9 Å². The molecule has 2 aromatic carbocycles. The van der Waals surface area contributed by atoms with E-state index in [1.54, 1.807) is 56.0 Å². The molecule has 0 spiro atoms. The zero-order valence-corrected chi connectivity index (χ0v) is 24.6. The van der Waals surface area contributed by atoms with Crippen LogP contribution in [0.3, 0.4) is 0 Å². The van der Waals surface area contributed by atoms with Gasteiger partial charge < -0.3 is 35.2 Å². The Morgan fingerprint density at radius 2 is 1.55 bits per heavy atom. The maximum absolute atomic E-state index is 13.5. The number of piperazine rings is 1. The van der Waals surface area contributed by atoms with Crippen molar-refractivity contribution in [1.29, 1.82) is 0 Å². The Bertz CT molecular complexity index is 1500. The number of anilines is 3. The molecule has 2 heterocycles. The van der Waals surface area contributed by atoms with Crippen molar-refractivity contribution in [3.8, 4) is 11.5 Å². The van der Waals surface area contributed by atoms with E-state index >= 15 is 0 Å². The van der Waals surface area contributed by atoms with Crippen LogP contribution in [0.2, 0.25) is 0 Å². The van der Waals surface area contributed by atoms with E-state index in [4.69, 9.17) is 9.47 Å². The number of ether oxygens (including phenoxy) is 2. The Balaban J connectivity index is 1.43. The Morgan fingerprint density at radius 1 is 0.864 bits per heavy atom. The number of rotatable bonds is 6. The van der Waals surface area contributed by atoms with Crippen molar-refractivity contribution in [3.05, 3.63) is 72.1 Å². The van der Waals surface area contributed by atoms with E-state index in [0.717, 1.165) is 12.1 Å². The van der Waals surface area contributed by atoms with Crippen LogP contribution in [0.15, 0.2) is 60.8 Å². The average Bonchev–Trinajstić information content (AvgIpc) is 2.96. The van der Waals surface area contributed by atoms with Gasteiger partial charge in [-0.15, -0.1) is 0 Å². The van der Waals surface area contributed by atoms with Crippen LogP contribution in [-0.4, -0.2) is 66.7 Å². The van der Waals surface area contributed by atoms with Crippen molar-refractivity contribution in [2.75, 3.05) is 48.8 Å². The van der Waals surface area contributed by atoms with Crippen LogP contribution < -0.4 is 25.6 Å². The standard InChI is InChI=1S/C30H33F3N6O5/c1-29(2,3)44-28(42)39-15-13-38(14-16-39)25-10-5-19(30(31,32)33)17-23(25)37-27(41)36-20-6-8-21(9-7-20)43-22-11-12-35-24(18-22)26(40)34-4/h5-12,17-18H,13-16H2,1-4H3,(H,34,40)(H2,36,37,41). The summed E-state index contributed by atoms with van der Waals surface area (Å²) < 4.78 is 51.8. The van der Waals surface area contributed by atoms with Gasteiger partial charge in [-0.1, -0.05) is 0 Å². The molecule has 4 rings (SSSR count). The minimum absolute atomic E-state index is 0.0346. The summed E-state index contributed by atoms with van der Waals surface area (Å²) in [6.45, 7) is 6.53. The van der Waals surface area contributed by atoms with Gasteiger partial charge in [-0.05, 0) is 69.3 Å². The average molecular weight is 615 g/mol. The molecule has 14 heteroatoms. The minimum atomic E-state index is -4.62. The molecule has 0 unspecified atom stereocenters. The quantitative estimate of drug-likeness (QED) is 0.313. The Morgan fingerprint density at radius 3 is 2.16 bits per heavy atom. The number of urea groups is 1. The predicted octanol–water partition coefficient (Wildman–Crippen LogP) is 5.95. The van der Waals surface area contributed by atoms with E-state index in [9.17, 15) is 27.6 Å². The van der Waals surface area contributed by atoms with Crippen molar-refractivity contribution >= 4 is 35.1 Å². The highest BCUT2D eigenvalue weighted by atomic mass is 19.4. The number of carbonyl (C=O) groups is 3. The van der Waals surface area contributed by atoms with Gasteiger partial charge >= 0.3 is 18.3 Å². The Hall–Kier alpha value is -5.01. The van der Waals surface area contributed by atoms with Crippen molar-refractivity contribution in [3.63, 3.8) is 0 Å². The highest BCUT2D eigenvalue weighted by molar-refractivity contribution is 6.02. The molecule has 44 heavy (non-hydrogen) atoms. The number of hydrogen-bond donors (Lipinski definition) is 3. The van der Waals surface area contributed by atoms with Crippen molar-refractivity contribution in [2.24, 2.45) is 0 Å². The summed E-state index contributed by atoms with van der Waals surface area (Å²) in [5.41, 5.74) is -0.686. The number of pyridine rings is 1. The number of amides is 4. The first-order valence-corrected chi connectivity index (χ1v) is 13.7. The number of carbonyl (C=O) groups excluding carboxylic acids is 3. The molecule has 0 aliphatic carbocycles. The summed E-state index contributed by atoms with van der Waals surface area (Å²) in [6.07, 6.45) is -3.65. The van der Waals surface area contributed by atoms with Crippen LogP contribution in [0.5, 0.6) is 11.5 Å². The molecule has 0 atom stereocenters. The summed E-state index contributed by atoms with van der Waals surface area (Å²) in [5, 5.41) is 7.62. The molecule has 4 amide bonds. The highest BCUT2D eigenvalue weighted by Gasteiger charge is 2.33. The number of benzene rings is 2. The number of nitrogens with zero attached hydrogens (tertiary/aromatic N) is 3. The summed E-state index contributed by atoms with van der Waals surface area (Å²) in [6, 6.07) is 11.7. The van der Waals surface area contributed by atoms with Gasteiger partial charge in [0.15, 0.2) is 0 Å². The Labute approximate surface area is 252 Å². The minimum Gasteiger partial charge on any atom is -0.457 e. The lowest BCUT2D eigenvalue weighted by Crippen LogP contribution is -2.50. The monoisotopic (exact) mass is 614 g/mol. The molecular weight excluding hydrogens is 581 g/mol. The van der Waals surface area contributed by atoms with Crippen LogP contribution >= 0.6 is 0 Å². The third kappa shape index (κ3) is 8.52. The molecule has 0 saturated carbocycles. The Kier molecular flexibility index (Phi) is 9.50. The SMILES string of the molecule is CNC(=O)c1cc(Oc2ccc(NC(=O)Nc3cc(C(F)(F)F)ccc3N3CCN(C(=O)OC(C)(C)C)CC3)cc2)ccn1. The molecule has 0 bridgehead atoms. The van der Waals surface area contributed by atoms with Crippen LogP contribution in [-0.2, 0) is 10.9 Å². The second-order valence-corrected chi connectivity index (χ2v) is 10.8. The first kappa shape index (κ1) is 31.9. The van der Waals surface area contributed by atoms with Gasteiger partial charge in [0.25, 0.3) is 5.91 Å². The number of alkyl halides is 3. The molecule has 234 valence electrons. The molecule has 1 fully saturated rings. The van der Waals surface area contributed by atoms with Gasteiger partial charge in [0.1, 0.15) is 22.8 Å². The van der Waals surface area contributed by atoms with Crippen molar-refractivity contribution in [2.45, 2.75) is 32.5 Å². The molecule has 1 saturated heterocycles. The number of aromatic nitrogens is 1. The molecule has 1 aliphatic heterocycles. The first-order chi connectivity index (χ1) is 20.7. The summed E-state index contributed by atoms with van der Waals surface area (Å²) in [7, 11) is 1.49. The van der Waals surface area contributed by atoms with Crippen LogP contribution in [0.1, 0.15) is 36.8 Å². The van der Waals surface area contributed by atoms with E-state index < -0.39 is 29.5 Å².